The maximum atomic E-state index is 11.9. The number of fused-ring (bicyclic) bond motifs is 1. The number of nitrogens with zero attached hydrogens (tertiary/aromatic N) is 2. The Morgan fingerprint density at radius 2 is 2.23 bits per heavy atom. The van der Waals surface area contributed by atoms with Crippen LogP contribution in [0.1, 0.15) is 6.92 Å². The third kappa shape index (κ3) is 3.23. The zero-order chi connectivity index (χ0) is 15.9. The maximum absolute atomic E-state index is 11.9. The van der Waals surface area contributed by atoms with Gasteiger partial charge in [0.1, 0.15) is 5.78 Å². The summed E-state index contributed by atoms with van der Waals surface area (Å²) in [5, 5.41) is 0.734. The van der Waals surface area contributed by atoms with Crippen molar-refractivity contribution in [3.05, 3.63) is 28.7 Å². The number of anilines is 1. The Balaban J connectivity index is 1.95. The summed E-state index contributed by atoms with van der Waals surface area (Å²) < 4.78 is 24.7. The second-order valence-corrected chi connectivity index (χ2v) is 9.48. The number of Topliss-reactive ketones (excluding diaryl/α,β-unsaturated/α-hetero) is 1. The standard InChI is InChI=1S/C14H15BrN2O3S2/c1-9(18)6-21-14-16-12-7-22(19,20)8-13(12)17(14)11-4-2-3-10(15)5-11/h2-5,12-13H,6-8H2,1H3. The Labute approximate surface area is 142 Å². The number of benzene rings is 1. The third-order valence-corrected chi connectivity index (χ3v) is 6.90. The van der Waals surface area contributed by atoms with E-state index in [2.05, 4.69) is 20.9 Å². The van der Waals surface area contributed by atoms with Crippen LogP contribution in [0.3, 0.4) is 0 Å². The van der Waals surface area contributed by atoms with Crippen LogP contribution in [-0.4, -0.2) is 48.7 Å². The number of rotatable bonds is 3. The van der Waals surface area contributed by atoms with Gasteiger partial charge in [0.2, 0.25) is 0 Å². The van der Waals surface area contributed by atoms with E-state index >= 15 is 0 Å². The van der Waals surface area contributed by atoms with E-state index in [4.69, 9.17) is 0 Å². The first-order valence-electron chi connectivity index (χ1n) is 6.81. The van der Waals surface area contributed by atoms with Gasteiger partial charge in [-0.3, -0.25) is 9.79 Å². The van der Waals surface area contributed by atoms with E-state index in [0.29, 0.717) is 5.75 Å². The van der Waals surface area contributed by atoms with E-state index < -0.39 is 9.84 Å². The van der Waals surface area contributed by atoms with Gasteiger partial charge in [0.05, 0.1) is 29.3 Å². The molecular weight excluding hydrogens is 388 g/mol. The molecule has 22 heavy (non-hydrogen) atoms. The summed E-state index contributed by atoms with van der Waals surface area (Å²) in [7, 11) is -3.05. The lowest BCUT2D eigenvalue weighted by Gasteiger charge is -2.26. The minimum absolute atomic E-state index is 0.0755. The van der Waals surface area contributed by atoms with Crippen molar-refractivity contribution < 1.29 is 13.2 Å². The highest BCUT2D eigenvalue weighted by Gasteiger charge is 2.47. The number of aliphatic imine (C=N–C) groups is 1. The lowest BCUT2D eigenvalue weighted by Crippen LogP contribution is -2.39. The molecule has 1 aromatic rings. The molecule has 2 aliphatic rings. The summed E-state index contributed by atoms with van der Waals surface area (Å²) in [6, 6.07) is 7.29. The monoisotopic (exact) mass is 402 g/mol. The topological polar surface area (TPSA) is 66.8 Å². The molecule has 2 heterocycles. The van der Waals surface area contributed by atoms with Gasteiger partial charge in [-0.2, -0.15) is 0 Å². The number of thioether (sulfide) groups is 1. The Bertz CT molecular complexity index is 748. The van der Waals surface area contributed by atoms with Crippen molar-refractivity contribution in [2.45, 2.75) is 19.0 Å². The molecule has 3 rings (SSSR count). The molecule has 2 unspecified atom stereocenters. The van der Waals surface area contributed by atoms with Crippen molar-refractivity contribution >= 4 is 54.2 Å². The summed E-state index contributed by atoms with van der Waals surface area (Å²) in [5.74, 6) is 0.617. The smallest absolute Gasteiger partial charge is 0.164 e. The minimum atomic E-state index is -3.05. The molecule has 0 bridgehead atoms. The summed E-state index contributed by atoms with van der Waals surface area (Å²) in [4.78, 5) is 17.8. The maximum Gasteiger partial charge on any atom is 0.164 e. The number of halogens is 1. The van der Waals surface area contributed by atoms with Crippen LogP contribution in [0, 0.1) is 0 Å². The molecule has 5 nitrogen and oxygen atoms in total. The first kappa shape index (κ1) is 16.0. The van der Waals surface area contributed by atoms with E-state index in [1.807, 2.05) is 29.2 Å². The lowest BCUT2D eigenvalue weighted by molar-refractivity contribution is -0.114. The molecule has 0 aromatic heterocycles. The molecule has 118 valence electrons. The molecule has 0 aliphatic carbocycles. The van der Waals surface area contributed by atoms with Gasteiger partial charge in [-0.05, 0) is 25.1 Å². The van der Waals surface area contributed by atoms with Crippen molar-refractivity contribution in [3.8, 4) is 0 Å². The van der Waals surface area contributed by atoms with Crippen molar-refractivity contribution in [2.75, 3.05) is 22.2 Å². The normalized spacial score (nSPS) is 25.9. The summed E-state index contributed by atoms with van der Waals surface area (Å²) in [5.41, 5.74) is 0.897. The van der Waals surface area contributed by atoms with Gasteiger partial charge < -0.3 is 4.90 Å². The van der Waals surface area contributed by atoms with Crippen molar-refractivity contribution in [1.82, 2.24) is 0 Å². The number of carbonyl (C=O) groups is 1. The molecule has 1 aromatic carbocycles. The van der Waals surface area contributed by atoms with Crippen molar-refractivity contribution in [1.29, 1.82) is 0 Å². The second kappa shape index (κ2) is 5.98. The van der Waals surface area contributed by atoms with E-state index in [1.165, 1.54) is 18.7 Å². The summed E-state index contributed by atoms with van der Waals surface area (Å²) >= 11 is 4.81. The van der Waals surface area contributed by atoms with E-state index in [9.17, 15) is 13.2 Å². The fraction of sp³-hybridized carbons (Fsp3) is 0.429. The van der Waals surface area contributed by atoms with Crippen LogP contribution in [0.5, 0.6) is 0 Å². The summed E-state index contributed by atoms with van der Waals surface area (Å²) in [6.45, 7) is 1.54. The first-order valence-corrected chi connectivity index (χ1v) is 10.4. The predicted molar refractivity (Wildman–Crippen MR) is 93.4 cm³/mol. The molecule has 2 aliphatic heterocycles. The highest BCUT2D eigenvalue weighted by molar-refractivity contribution is 9.10. The minimum Gasteiger partial charge on any atom is -0.315 e. The number of hydrogen-bond donors (Lipinski definition) is 0. The Morgan fingerprint density at radius 3 is 2.91 bits per heavy atom. The fourth-order valence-corrected chi connectivity index (χ4v) is 5.88. The van der Waals surface area contributed by atoms with Gasteiger partial charge >= 0.3 is 0 Å². The Hall–Kier alpha value is -0.860. The van der Waals surface area contributed by atoms with Crippen molar-refractivity contribution in [3.63, 3.8) is 0 Å². The molecular formula is C14H15BrN2O3S2. The molecule has 0 N–H and O–H groups in total. The zero-order valence-electron chi connectivity index (χ0n) is 11.9. The molecule has 0 amide bonds. The third-order valence-electron chi connectivity index (χ3n) is 3.60. The molecule has 1 fully saturated rings. The molecule has 1 saturated heterocycles. The van der Waals surface area contributed by atoms with Crippen LogP contribution in [0.15, 0.2) is 33.7 Å². The Kier molecular flexibility index (Phi) is 4.35. The number of ketones is 1. The van der Waals surface area contributed by atoms with E-state index in [1.54, 1.807) is 0 Å². The van der Waals surface area contributed by atoms with Gasteiger partial charge in [0.15, 0.2) is 15.0 Å². The number of hydrogen-bond acceptors (Lipinski definition) is 6. The zero-order valence-corrected chi connectivity index (χ0v) is 15.1. The average molecular weight is 403 g/mol. The molecule has 0 saturated carbocycles. The van der Waals surface area contributed by atoms with Crippen LogP contribution >= 0.6 is 27.7 Å². The lowest BCUT2D eigenvalue weighted by atomic mass is 10.1. The molecule has 8 heteroatoms. The molecule has 0 spiro atoms. The number of sulfone groups is 1. The van der Waals surface area contributed by atoms with Crippen LogP contribution in [0.2, 0.25) is 0 Å². The summed E-state index contributed by atoms with van der Waals surface area (Å²) in [6.07, 6.45) is 0. The first-order chi connectivity index (χ1) is 10.4. The Morgan fingerprint density at radius 1 is 1.45 bits per heavy atom. The van der Waals surface area contributed by atoms with Crippen LogP contribution in [-0.2, 0) is 14.6 Å². The molecule has 0 radical (unpaired) electrons. The van der Waals surface area contributed by atoms with Crippen LogP contribution < -0.4 is 4.90 Å². The van der Waals surface area contributed by atoms with Gasteiger partial charge in [-0.15, -0.1) is 0 Å². The predicted octanol–water partition coefficient (Wildman–Crippen LogP) is 2.11. The van der Waals surface area contributed by atoms with Crippen LogP contribution in [0.4, 0.5) is 5.69 Å². The highest BCUT2D eigenvalue weighted by atomic mass is 79.9. The van der Waals surface area contributed by atoms with E-state index in [0.717, 1.165) is 15.3 Å². The van der Waals surface area contributed by atoms with Crippen LogP contribution in [0.25, 0.3) is 0 Å². The number of carbonyl (C=O) groups excluding carboxylic acids is 1. The van der Waals surface area contributed by atoms with Gasteiger partial charge in [0.25, 0.3) is 0 Å². The second-order valence-electron chi connectivity index (χ2n) is 5.46. The quantitative estimate of drug-likeness (QED) is 0.774. The fourth-order valence-electron chi connectivity index (χ4n) is 2.73. The van der Waals surface area contributed by atoms with E-state index in [-0.39, 0.29) is 29.4 Å². The number of amidine groups is 1. The average Bonchev–Trinajstić information content (AvgIpc) is 2.87. The van der Waals surface area contributed by atoms with Crippen molar-refractivity contribution in [2.24, 2.45) is 4.99 Å². The highest BCUT2D eigenvalue weighted by Crippen LogP contribution is 2.35. The largest absolute Gasteiger partial charge is 0.315 e. The molecule has 2 atom stereocenters. The van der Waals surface area contributed by atoms with Gasteiger partial charge in [0, 0.05) is 10.2 Å². The van der Waals surface area contributed by atoms with Gasteiger partial charge in [-0.1, -0.05) is 33.8 Å². The van der Waals surface area contributed by atoms with Gasteiger partial charge in [-0.25, -0.2) is 8.42 Å². The SMILES string of the molecule is CC(=O)CSC1=NC2CS(=O)(=O)CC2N1c1cccc(Br)c1.